The summed E-state index contributed by atoms with van der Waals surface area (Å²) in [5.74, 6) is 2.42. The molecule has 0 atom stereocenters. The summed E-state index contributed by atoms with van der Waals surface area (Å²) in [7, 11) is 2.24. The van der Waals surface area contributed by atoms with E-state index in [-0.39, 0.29) is 21.7 Å². The summed E-state index contributed by atoms with van der Waals surface area (Å²) in [6, 6.07) is 47.6. The molecule has 2 aliphatic heterocycles. The Hall–Kier alpha value is -7.18. The highest BCUT2D eigenvalue weighted by Crippen LogP contribution is 2.68. The Morgan fingerprint density at radius 3 is 1.78 bits per heavy atom. The Balaban J connectivity index is 1.10. The molecule has 0 saturated heterocycles. The molecule has 72 heavy (non-hydrogen) atoms. The summed E-state index contributed by atoms with van der Waals surface area (Å²) in [6.45, 7) is 31.6. The van der Waals surface area contributed by atoms with Crippen molar-refractivity contribution in [2.45, 2.75) is 117 Å². The Morgan fingerprint density at radius 2 is 1.15 bits per heavy atom. The molecule has 6 aromatic carbocycles. The molecule has 0 fully saturated rings. The van der Waals surface area contributed by atoms with Gasteiger partial charge in [0.1, 0.15) is 17.3 Å². The van der Waals surface area contributed by atoms with E-state index < -0.39 is 5.41 Å². The van der Waals surface area contributed by atoms with E-state index in [1.54, 1.807) is 0 Å². The van der Waals surface area contributed by atoms with Crippen LogP contribution in [0.4, 0.5) is 17.1 Å². The van der Waals surface area contributed by atoms with Crippen LogP contribution in [0.3, 0.4) is 0 Å². The van der Waals surface area contributed by atoms with E-state index in [9.17, 15) is 0 Å². The van der Waals surface area contributed by atoms with Gasteiger partial charge in [-0.15, -0.1) is 0 Å². The smallest absolute Gasteiger partial charge is 0.137 e. The van der Waals surface area contributed by atoms with Crippen LogP contribution in [0.5, 0.6) is 11.5 Å². The van der Waals surface area contributed by atoms with Crippen LogP contribution in [0, 0.1) is 6.92 Å². The van der Waals surface area contributed by atoms with E-state index in [1.807, 2.05) is 30.6 Å². The van der Waals surface area contributed by atoms with Gasteiger partial charge in [-0.2, -0.15) is 0 Å². The van der Waals surface area contributed by atoms with Crippen molar-refractivity contribution in [3.05, 3.63) is 190 Å². The topological polar surface area (TPSA) is 46.4 Å². The van der Waals surface area contributed by atoms with Crippen LogP contribution in [-0.4, -0.2) is 28.3 Å². The maximum absolute atomic E-state index is 7.13. The lowest BCUT2D eigenvalue weighted by Gasteiger charge is -2.46. The fourth-order valence-corrected chi connectivity index (χ4v) is 12.3. The fourth-order valence-electron chi connectivity index (χ4n) is 12.3. The molecule has 5 heterocycles. The van der Waals surface area contributed by atoms with Gasteiger partial charge < -0.3 is 14.5 Å². The molecule has 0 radical (unpaired) electrons. The maximum atomic E-state index is 7.13. The number of aryl methyl sites for hydroxylation is 1. The van der Waals surface area contributed by atoms with E-state index in [4.69, 9.17) is 9.72 Å². The molecule has 0 N–H and O–H groups in total. The number of benzene rings is 6. The Morgan fingerprint density at radius 1 is 0.528 bits per heavy atom. The molecule has 9 aromatic rings. The zero-order chi connectivity index (χ0) is 50.6. The quantitative estimate of drug-likeness (QED) is 0.176. The minimum absolute atomic E-state index is 0.0544. The number of hydrogen-bond acceptors (Lipinski definition) is 5. The van der Waals surface area contributed by atoms with E-state index >= 15 is 0 Å². The maximum Gasteiger partial charge on any atom is 0.137 e. The summed E-state index contributed by atoms with van der Waals surface area (Å²) < 4.78 is 9.41. The van der Waals surface area contributed by atoms with Gasteiger partial charge >= 0.3 is 0 Å². The lowest BCUT2D eigenvalue weighted by molar-refractivity contribution is 0.482. The number of anilines is 3. The van der Waals surface area contributed by atoms with Gasteiger partial charge in [0.15, 0.2) is 0 Å². The first-order chi connectivity index (χ1) is 34.0. The molecular formula is C66H67N5O. The van der Waals surface area contributed by atoms with Crippen LogP contribution < -0.4 is 14.5 Å². The molecular weight excluding hydrogens is 879 g/mol. The van der Waals surface area contributed by atoms with E-state index in [0.29, 0.717) is 0 Å². The number of rotatable bonds is 4. The third-order valence-electron chi connectivity index (χ3n) is 15.9. The second kappa shape index (κ2) is 15.4. The summed E-state index contributed by atoms with van der Waals surface area (Å²) in [5.41, 5.74) is 21.6. The third-order valence-corrected chi connectivity index (χ3v) is 15.9. The molecule has 6 heteroatoms. The van der Waals surface area contributed by atoms with Gasteiger partial charge in [0, 0.05) is 47.9 Å². The molecule has 6 nitrogen and oxygen atoms in total. The molecule has 362 valence electrons. The van der Waals surface area contributed by atoms with Gasteiger partial charge in [0.05, 0.1) is 45.9 Å². The van der Waals surface area contributed by atoms with Crippen molar-refractivity contribution in [1.82, 2.24) is 14.5 Å². The summed E-state index contributed by atoms with van der Waals surface area (Å²) in [5, 5.41) is 2.32. The van der Waals surface area contributed by atoms with Crippen molar-refractivity contribution < 1.29 is 4.74 Å². The van der Waals surface area contributed by atoms with Gasteiger partial charge in [-0.25, -0.2) is 4.98 Å². The standard InChI is InChI=1S/C66H67N5O/c1-39-30-58(68-37-48(39)53-22-17-18-29-67-53)71-54-23-16-15-20-44(54)45-27-25-42(35-56(45)71)72-43-26-28-49-57(36-43)70-38-69(14)55-24-19-21-50(61(55)70)66(49)59-46(31-40(62(2,3)4)33-51(59)64(8,9)10)47-32-41(63(5,6)7)34-52(60(47)66)65(11,12)13/h15-37H,38H2,1-14H3. The molecule has 0 amide bonds. The lowest BCUT2D eigenvalue weighted by Crippen LogP contribution is -2.40. The highest BCUT2D eigenvalue weighted by atomic mass is 16.5. The van der Waals surface area contributed by atoms with Crippen LogP contribution in [0.15, 0.2) is 140 Å². The van der Waals surface area contributed by atoms with Gasteiger partial charge in [0.2, 0.25) is 0 Å². The van der Waals surface area contributed by atoms with Crippen LogP contribution in [0.25, 0.3) is 50.0 Å². The molecule has 0 bridgehead atoms. The molecule has 0 saturated carbocycles. The molecule has 1 aliphatic carbocycles. The zero-order valence-electron chi connectivity index (χ0n) is 44.6. The predicted molar refractivity (Wildman–Crippen MR) is 301 cm³/mol. The predicted octanol–water partition coefficient (Wildman–Crippen LogP) is 16.8. The van der Waals surface area contributed by atoms with Crippen molar-refractivity contribution in [1.29, 1.82) is 0 Å². The van der Waals surface area contributed by atoms with Gasteiger partial charge in [0.25, 0.3) is 0 Å². The van der Waals surface area contributed by atoms with Crippen molar-refractivity contribution >= 4 is 38.9 Å². The van der Waals surface area contributed by atoms with Crippen LogP contribution in [0.2, 0.25) is 0 Å². The fraction of sp³-hybridized carbons (Fsp3) is 0.303. The van der Waals surface area contributed by atoms with Gasteiger partial charge in [-0.1, -0.05) is 150 Å². The van der Waals surface area contributed by atoms with E-state index in [0.717, 1.165) is 57.2 Å². The Labute approximate surface area is 426 Å². The molecule has 3 aromatic heterocycles. The largest absolute Gasteiger partial charge is 0.457 e. The van der Waals surface area contributed by atoms with E-state index in [1.165, 1.54) is 78.1 Å². The number of nitrogens with zero attached hydrogens (tertiary/aromatic N) is 5. The second-order valence-electron chi connectivity index (χ2n) is 25.0. The van der Waals surface area contributed by atoms with Gasteiger partial charge in [-0.3, -0.25) is 9.55 Å². The average Bonchev–Trinajstić information content (AvgIpc) is 3.95. The molecule has 12 rings (SSSR count). The normalized spacial score (nSPS) is 14.8. The SMILES string of the molecule is Cc1cc(-n2c3ccccc3c3ccc(Oc4ccc5c(c4)N4CN(C)c6cccc(c64)C54c5c(cc(C(C)(C)C)cc5C(C)(C)C)-c5cc(C(C)(C)C)cc(C(C)(C)C)c54)cc32)ncc1-c1ccccn1. The number of para-hydroxylation sites is 2. The first kappa shape index (κ1) is 45.9. The number of hydrogen-bond donors (Lipinski definition) is 0. The average molecular weight is 946 g/mol. The highest BCUT2D eigenvalue weighted by molar-refractivity contribution is 6.09. The van der Waals surface area contributed by atoms with Crippen molar-refractivity contribution in [2.75, 3.05) is 23.5 Å². The summed E-state index contributed by atoms with van der Waals surface area (Å²) >= 11 is 0. The van der Waals surface area contributed by atoms with Gasteiger partial charge in [-0.05, 0) is 138 Å². The minimum atomic E-state index is -0.624. The molecule has 1 spiro atoms. The first-order valence-corrected chi connectivity index (χ1v) is 25.8. The van der Waals surface area contributed by atoms with Crippen LogP contribution in [-0.2, 0) is 27.1 Å². The minimum Gasteiger partial charge on any atom is -0.457 e. The van der Waals surface area contributed by atoms with E-state index in [2.05, 4.69) is 226 Å². The highest BCUT2D eigenvalue weighted by Gasteiger charge is 2.57. The zero-order valence-corrected chi connectivity index (χ0v) is 44.6. The third kappa shape index (κ3) is 6.73. The van der Waals surface area contributed by atoms with Crippen LogP contribution >= 0.6 is 0 Å². The monoisotopic (exact) mass is 946 g/mol. The number of aromatic nitrogens is 3. The molecule has 3 aliphatic rings. The summed E-state index contributed by atoms with van der Waals surface area (Å²) in [6.07, 6.45) is 3.79. The number of fused-ring (bicyclic) bond motifs is 12. The molecule has 0 unspecified atom stereocenters. The Kier molecular flexibility index (Phi) is 9.83. The number of pyridine rings is 2. The lowest BCUT2D eigenvalue weighted by atomic mass is 9.59. The number of ether oxygens (including phenoxy) is 1. The first-order valence-electron chi connectivity index (χ1n) is 25.8. The Bertz CT molecular complexity index is 3640. The summed E-state index contributed by atoms with van der Waals surface area (Å²) in [4.78, 5) is 14.7. The second-order valence-corrected chi connectivity index (χ2v) is 25.0. The van der Waals surface area contributed by atoms with Crippen molar-refractivity contribution in [2.24, 2.45) is 0 Å². The van der Waals surface area contributed by atoms with Crippen LogP contribution in [0.1, 0.15) is 133 Å². The van der Waals surface area contributed by atoms with Crippen molar-refractivity contribution in [3.63, 3.8) is 0 Å². The van der Waals surface area contributed by atoms with Crippen molar-refractivity contribution in [3.8, 4) is 39.7 Å².